The highest BCUT2D eigenvalue weighted by molar-refractivity contribution is 5.79. The van der Waals surface area contributed by atoms with Crippen LogP contribution in [0, 0.1) is 0 Å². The maximum Gasteiger partial charge on any atom is 0.191 e. The Morgan fingerprint density at radius 3 is 2.50 bits per heavy atom. The third-order valence-corrected chi connectivity index (χ3v) is 3.37. The van der Waals surface area contributed by atoms with E-state index in [-0.39, 0.29) is 0 Å². The Kier molecular flexibility index (Phi) is 10.6. The van der Waals surface area contributed by atoms with E-state index in [9.17, 15) is 0 Å². The normalized spacial score (nSPS) is 11.6. The first-order chi connectivity index (χ1) is 11.7. The maximum absolute atomic E-state index is 5.74. The van der Waals surface area contributed by atoms with Gasteiger partial charge in [-0.25, -0.2) is 0 Å². The smallest absolute Gasteiger partial charge is 0.191 e. The highest BCUT2D eigenvalue weighted by Gasteiger charge is 2.00. The van der Waals surface area contributed by atoms with Crippen LogP contribution in [0.2, 0.25) is 0 Å². The number of hydrogen-bond donors (Lipinski definition) is 2. The van der Waals surface area contributed by atoms with Gasteiger partial charge < -0.3 is 25.0 Å². The Bertz CT molecular complexity index is 461. The Hall–Kier alpha value is -1.79. The molecule has 2 N–H and O–H groups in total. The van der Waals surface area contributed by atoms with Crippen molar-refractivity contribution in [2.45, 2.75) is 19.9 Å². The van der Waals surface area contributed by atoms with Crippen LogP contribution in [0.1, 0.15) is 18.9 Å². The minimum atomic E-state index is 0.678. The summed E-state index contributed by atoms with van der Waals surface area (Å²) in [5.41, 5.74) is 1.18. The van der Waals surface area contributed by atoms with Crippen molar-refractivity contribution in [3.63, 3.8) is 0 Å². The van der Waals surface area contributed by atoms with E-state index >= 15 is 0 Å². The molecule has 136 valence electrons. The number of rotatable bonds is 11. The van der Waals surface area contributed by atoms with Crippen LogP contribution in [0.5, 0.6) is 5.75 Å². The number of hydrogen-bond acceptors (Lipinski definition) is 4. The summed E-state index contributed by atoms with van der Waals surface area (Å²) >= 11 is 0. The molecular weight excluding hydrogens is 304 g/mol. The molecule has 0 unspecified atom stereocenters. The van der Waals surface area contributed by atoms with Crippen molar-refractivity contribution in [3.8, 4) is 5.75 Å². The van der Waals surface area contributed by atoms with Crippen LogP contribution < -0.4 is 15.4 Å². The molecule has 0 radical (unpaired) electrons. The van der Waals surface area contributed by atoms with Gasteiger partial charge in [-0.2, -0.15) is 0 Å². The first-order valence-corrected chi connectivity index (χ1v) is 8.54. The predicted molar refractivity (Wildman–Crippen MR) is 99.8 cm³/mol. The van der Waals surface area contributed by atoms with Gasteiger partial charge in [-0.3, -0.25) is 4.99 Å². The summed E-state index contributed by atoms with van der Waals surface area (Å²) in [6, 6.07) is 8.17. The standard InChI is InChI=1S/C18H32N4O2/c1-5-23-14-11-20-18(19-2)21-15-16-7-9-17(10-8-16)24-13-6-12-22(3)4/h7-10H,5-6,11-15H2,1-4H3,(H2,19,20,21). The van der Waals surface area contributed by atoms with Crippen molar-refractivity contribution in [2.24, 2.45) is 4.99 Å². The van der Waals surface area contributed by atoms with Gasteiger partial charge in [-0.15, -0.1) is 0 Å². The van der Waals surface area contributed by atoms with Crippen LogP contribution in [-0.2, 0) is 11.3 Å². The molecule has 24 heavy (non-hydrogen) atoms. The summed E-state index contributed by atoms with van der Waals surface area (Å²) in [5, 5.41) is 6.50. The van der Waals surface area contributed by atoms with Crippen molar-refractivity contribution >= 4 is 5.96 Å². The SMILES string of the molecule is CCOCCNC(=NC)NCc1ccc(OCCCN(C)C)cc1. The van der Waals surface area contributed by atoms with Crippen molar-refractivity contribution in [1.29, 1.82) is 0 Å². The van der Waals surface area contributed by atoms with Gasteiger partial charge in [0.1, 0.15) is 5.75 Å². The van der Waals surface area contributed by atoms with Crippen molar-refractivity contribution < 1.29 is 9.47 Å². The number of ether oxygens (including phenoxy) is 2. The molecule has 0 amide bonds. The van der Waals surface area contributed by atoms with E-state index in [2.05, 4.69) is 46.8 Å². The van der Waals surface area contributed by atoms with E-state index in [1.165, 1.54) is 5.56 Å². The molecule has 1 aromatic rings. The van der Waals surface area contributed by atoms with Crippen LogP contribution in [0.3, 0.4) is 0 Å². The zero-order valence-electron chi connectivity index (χ0n) is 15.5. The first kappa shape index (κ1) is 20.3. The molecule has 0 saturated carbocycles. The quantitative estimate of drug-likeness (QED) is 0.366. The molecule has 0 spiro atoms. The number of benzene rings is 1. The van der Waals surface area contributed by atoms with Crippen molar-refractivity contribution in [3.05, 3.63) is 29.8 Å². The van der Waals surface area contributed by atoms with Gasteiger partial charge in [0, 0.05) is 33.3 Å². The molecule has 0 aromatic heterocycles. The molecule has 6 heteroatoms. The van der Waals surface area contributed by atoms with Crippen LogP contribution >= 0.6 is 0 Å². The second kappa shape index (κ2) is 12.6. The van der Waals surface area contributed by atoms with Crippen molar-refractivity contribution in [2.75, 3.05) is 54.1 Å². The summed E-state index contributed by atoms with van der Waals surface area (Å²) in [6.45, 7) is 6.64. The molecule has 0 heterocycles. The van der Waals surface area contributed by atoms with Gasteiger partial charge in [-0.05, 0) is 45.1 Å². The summed E-state index contributed by atoms with van der Waals surface area (Å²) < 4.78 is 11.0. The third kappa shape index (κ3) is 9.37. The molecule has 0 saturated heterocycles. The summed E-state index contributed by atoms with van der Waals surface area (Å²) in [7, 11) is 5.91. The molecule has 1 rings (SSSR count). The minimum absolute atomic E-state index is 0.678. The van der Waals surface area contributed by atoms with E-state index in [1.54, 1.807) is 7.05 Å². The van der Waals surface area contributed by atoms with E-state index < -0.39 is 0 Å². The van der Waals surface area contributed by atoms with Gasteiger partial charge >= 0.3 is 0 Å². The molecule has 1 aromatic carbocycles. The van der Waals surface area contributed by atoms with E-state index in [0.717, 1.165) is 51.0 Å². The summed E-state index contributed by atoms with van der Waals surface area (Å²) in [4.78, 5) is 6.35. The highest BCUT2D eigenvalue weighted by atomic mass is 16.5. The lowest BCUT2D eigenvalue weighted by Gasteiger charge is -2.13. The number of nitrogens with one attached hydrogen (secondary N) is 2. The lowest BCUT2D eigenvalue weighted by atomic mass is 10.2. The topological polar surface area (TPSA) is 58.1 Å². The maximum atomic E-state index is 5.74. The second-order valence-corrected chi connectivity index (χ2v) is 5.70. The predicted octanol–water partition coefficient (Wildman–Crippen LogP) is 1.72. The summed E-state index contributed by atoms with van der Waals surface area (Å²) in [6.07, 6.45) is 1.03. The molecular formula is C18H32N4O2. The second-order valence-electron chi connectivity index (χ2n) is 5.70. The zero-order valence-corrected chi connectivity index (χ0v) is 15.5. The van der Waals surface area contributed by atoms with Gasteiger partial charge in [0.05, 0.1) is 13.2 Å². The molecule has 6 nitrogen and oxygen atoms in total. The van der Waals surface area contributed by atoms with Crippen LogP contribution in [0.25, 0.3) is 0 Å². The van der Waals surface area contributed by atoms with E-state index in [4.69, 9.17) is 9.47 Å². The Morgan fingerprint density at radius 1 is 1.12 bits per heavy atom. The largest absolute Gasteiger partial charge is 0.494 e. The van der Waals surface area contributed by atoms with Crippen LogP contribution in [0.15, 0.2) is 29.3 Å². The average molecular weight is 336 g/mol. The summed E-state index contributed by atoms with van der Waals surface area (Å²) in [5.74, 6) is 1.69. The molecule has 0 fully saturated rings. The lowest BCUT2D eigenvalue weighted by Crippen LogP contribution is -2.38. The van der Waals surface area contributed by atoms with Gasteiger partial charge in [-0.1, -0.05) is 12.1 Å². The van der Waals surface area contributed by atoms with Gasteiger partial charge in [0.15, 0.2) is 5.96 Å². The van der Waals surface area contributed by atoms with E-state index in [1.807, 2.05) is 19.1 Å². The molecule has 0 aliphatic heterocycles. The minimum Gasteiger partial charge on any atom is -0.494 e. The lowest BCUT2D eigenvalue weighted by molar-refractivity contribution is 0.152. The highest BCUT2D eigenvalue weighted by Crippen LogP contribution is 2.12. The fourth-order valence-electron chi connectivity index (χ4n) is 2.07. The Morgan fingerprint density at radius 2 is 1.88 bits per heavy atom. The molecule has 0 aliphatic carbocycles. The van der Waals surface area contributed by atoms with Crippen molar-refractivity contribution in [1.82, 2.24) is 15.5 Å². The number of nitrogens with zero attached hydrogens (tertiary/aromatic N) is 2. The fourth-order valence-corrected chi connectivity index (χ4v) is 2.07. The van der Waals surface area contributed by atoms with Crippen LogP contribution in [0.4, 0.5) is 0 Å². The van der Waals surface area contributed by atoms with Crippen LogP contribution in [-0.4, -0.2) is 64.9 Å². The number of aliphatic imine (C=N–C) groups is 1. The van der Waals surface area contributed by atoms with E-state index in [0.29, 0.717) is 6.61 Å². The Labute approximate surface area is 146 Å². The zero-order chi connectivity index (χ0) is 17.6. The third-order valence-electron chi connectivity index (χ3n) is 3.37. The molecule has 0 aliphatic rings. The average Bonchev–Trinajstić information content (AvgIpc) is 2.59. The fraction of sp³-hybridized carbons (Fsp3) is 0.611. The number of guanidine groups is 1. The molecule has 0 bridgehead atoms. The van der Waals surface area contributed by atoms with Gasteiger partial charge in [0.25, 0.3) is 0 Å². The Balaban J connectivity index is 2.27. The monoisotopic (exact) mass is 336 g/mol. The van der Waals surface area contributed by atoms with Gasteiger partial charge in [0.2, 0.25) is 0 Å². The first-order valence-electron chi connectivity index (χ1n) is 8.54. The molecule has 0 atom stereocenters.